The molecule has 0 saturated carbocycles. The highest BCUT2D eigenvalue weighted by atomic mass is 35.5. The maximum Gasteiger partial charge on any atom is 0.224 e. The van der Waals surface area contributed by atoms with Crippen molar-refractivity contribution >= 4 is 18.3 Å². The van der Waals surface area contributed by atoms with Crippen molar-refractivity contribution in [3.8, 4) is 0 Å². The van der Waals surface area contributed by atoms with Gasteiger partial charge in [-0.25, -0.2) is 8.78 Å². The fourth-order valence-corrected chi connectivity index (χ4v) is 2.12. The van der Waals surface area contributed by atoms with Crippen molar-refractivity contribution in [2.24, 2.45) is 0 Å². The van der Waals surface area contributed by atoms with Gasteiger partial charge in [0.1, 0.15) is 11.6 Å². The van der Waals surface area contributed by atoms with Crippen molar-refractivity contribution in [3.05, 3.63) is 35.4 Å². The molecule has 0 unspecified atom stereocenters. The molecule has 0 spiro atoms. The lowest BCUT2D eigenvalue weighted by atomic mass is 10.1. The van der Waals surface area contributed by atoms with E-state index in [9.17, 15) is 13.6 Å². The van der Waals surface area contributed by atoms with Crippen LogP contribution in [0.3, 0.4) is 0 Å². The molecule has 1 aliphatic rings. The van der Waals surface area contributed by atoms with E-state index in [0.717, 1.165) is 31.5 Å². The summed E-state index contributed by atoms with van der Waals surface area (Å²) in [7, 11) is 0. The van der Waals surface area contributed by atoms with E-state index >= 15 is 0 Å². The molecule has 1 amide bonds. The smallest absolute Gasteiger partial charge is 0.224 e. The van der Waals surface area contributed by atoms with Gasteiger partial charge in [-0.1, -0.05) is 6.07 Å². The largest absolute Gasteiger partial charge is 0.352 e. The Labute approximate surface area is 117 Å². The highest BCUT2D eigenvalue weighted by Crippen LogP contribution is 2.13. The summed E-state index contributed by atoms with van der Waals surface area (Å²) in [4.78, 5) is 11.7. The zero-order valence-corrected chi connectivity index (χ0v) is 11.2. The minimum atomic E-state index is -0.674. The second-order valence-corrected chi connectivity index (χ2v) is 4.49. The first kappa shape index (κ1) is 15.9. The molecule has 0 radical (unpaired) electrons. The molecule has 0 aliphatic carbocycles. The first-order valence-electron chi connectivity index (χ1n) is 6.10. The minimum absolute atomic E-state index is 0. The maximum absolute atomic E-state index is 13.4. The van der Waals surface area contributed by atoms with Gasteiger partial charge < -0.3 is 10.6 Å². The van der Waals surface area contributed by atoms with Crippen LogP contribution in [0.25, 0.3) is 0 Å². The van der Waals surface area contributed by atoms with Gasteiger partial charge in [-0.15, -0.1) is 12.4 Å². The quantitative estimate of drug-likeness (QED) is 0.891. The third-order valence-corrected chi connectivity index (χ3v) is 3.06. The molecule has 1 aromatic rings. The van der Waals surface area contributed by atoms with Crippen LogP contribution >= 0.6 is 12.4 Å². The van der Waals surface area contributed by atoms with E-state index in [-0.39, 0.29) is 36.3 Å². The highest BCUT2D eigenvalue weighted by Gasteiger charge is 2.18. The van der Waals surface area contributed by atoms with Crippen LogP contribution in [0.5, 0.6) is 0 Å². The van der Waals surface area contributed by atoms with Crippen LogP contribution in [0.15, 0.2) is 18.2 Å². The average molecular weight is 291 g/mol. The Hall–Kier alpha value is -1.20. The number of carbonyl (C=O) groups is 1. The second-order valence-electron chi connectivity index (χ2n) is 4.49. The summed E-state index contributed by atoms with van der Waals surface area (Å²) in [5.74, 6) is -1.69. The molecule has 1 atom stereocenters. The molecular formula is C13H17ClF2N2O. The Morgan fingerprint density at radius 1 is 1.37 bits per heavy atom. The summed E-state index contributed by atoms with van der Waals surface area (Å²) in [5, 5.41) is 5.95. The zero-order valence-electron chi connectivity index (χ0n) is 10.4. The highest BCUT2D eigenvalue weighted by molar-refractivity contribution is 5.85. The Bertz CT molecular complexity index is 416. The number of hydrogen-bond acceptors (Lipinski definition) is 2. The normalized spacial score (nSPS) is 18.5. The van der Waals surface area contributed by atoms with E-state index in [2.05, 4.69) is 10.6 Å². The molecule has 3 nitrogen and oxygen atoms in total. The molecule has 0 bridgehead atoms. The summed E-state index contributed by atoms with van der Waals surface area (Å²) in [6, 6.07) is 3.67. The molecular weight excluding hydrogens is 274 g/mol. The van der Waals surface area contributed by atoms with E-state index < -0.39 is 11.6 Å². The number of rotatable bonds is 3. The van der Waals surface area contributed by atoms with Gasteiger partial charge >= 0.3 is 0 Å². The summed E-state index contributed by atoms with van der Waals surface area (Å²) in [6.45, 7) is 1.67. The van der Waals surface area contributed by atoms with Gasteiger partial charge in [0.15, 0.2) is 0 Å². The van der Waals surface area contributed by atoms with E-state index in [1.54, 1.807) is 0 Å². The number of piperidine rings is 1. The molecule has 1 aliphatic heterocycles. The van der Waals surface area contributed by atoms with Crippen LogP contribution in [0, 0.1) is 11.6 Å². The molecule has 1 heterocycles. The van der Waals surface area contributed by atoms with Gasteiger partial charge in [-0.2, -0.15) is 0 Å². The predicted molar refractivity (Wildman–Crippen MR) is 71.3 cm³/mol. The maximum atomic E-state index is 13.4. The standard InChI is InChI=1S/C13H16F2N2O.ClH/c14-11-4-1-5-12(15)10(11)7-13(18)17-9-3-2-6-16-8-9;/h1,4-5,9,16H,2-3,6-8H2,(H,17,18);1H/t9-;/m1./s1. The lowest BCUT2D eigenvalue weighted by Crippen LogP contribution is -2.46. The number of halogens is 3. The molecule has 0 aromatic heterocycles. The van der Waals surface area contributed by atoms with Crippen molar-refractivity contribution in [1.29, 1.82) is 0 Å². The number of carbonyl (C=O) groups excluding carboxylic acids is 1. The SMILES string of the molecule is Cl.O=C(Cc1c(F)cccc1F)N[C@@H]1CCCNC1. The number of nitrogens with one attached hydrogen (secondary N) is 2. The van der Waals surface area contributed by atoms with Crippen LogP contribution in [0.1, 0.15) is 18.4 Å². The molecule has 1 saturated heterocycles. The van der Waals surface area contributed by atoms with Gasteiger partial charge in [0, 0.05) is 18.2 Å². The molecule has 2 rings (SSSR count). The van der Waals surface area contributed by atoms with E-state index in [1.807, 2.05) is 0 Å². The van der Waals surface area contributed by atoms with Crippen molar-refractivity contribution in [3.63, 3.8) is 0 Å². The van der Waals surface area contributed by atoms with Gasteiger partial charge in [0.2, 0.25) is 5.91 Å². The van der Waals surface area contributed by atoms with Crippen LogP contribution < -0.4 is 10.6 Å². The van der Waals surface area contributed by atoms with Gasteiger partial charge in [-0.3, -0.25) is 4.79 Å². The molecule has 1 aromatic carbocycles. The number of benzene rings is 1. The topological polar surface area (TPSA) is 41.1 Å². The minimum Gasteiger partial charge on any atom is -0.352 e. The first-order valence-corrected chi connectivity index (χ1v) is 6.10. The first-order chi connectivity index (χ1) is 8.66. The second kappa shape index (κ2) is 7.40. The van der Waals surface area contributed by atoms with Crippen LogP contribution in [0.4, 0.5) is 8.78 Å². The third-order valence-electron chi connectivity index (χ3n) is 3.06. The third kappa shape index (κ3) is 4.44. The molecule has 19 heavy (non-hydrogen) atoms. The summed E-state index contributed by atoms with van der Waals surface area (Å²) in [5.41, 5.74) is -0.168. The van der Waals surface area contributed by atoms with Crippen LogP contribution in [0.2, 0.25) is 0 Å². The lowest BCUT2D eigenvalue weighted by molar-refractivity contribution is -0.121. The van der Waals surface area contributed by atoms with Gasteiger partial charge in [-0.05, 0) is 31.5 Å². The Morgan fingerprint density at radius 3 is 2.63 bits per heavy atom. The van der Waals surface area contributed by atoms with Crippen molar-refractivity contribution in [1.82, 2.24) is 10.6 Å². The molecule has 106 valence electrons. The Morgan fingerprint density at radius 2 is 2.05 bits per heavy atom. The number of hydrogen-bond donors (Lipinski definition) is 2. The van der Waals surface area contributed by atoms with Gasteiger partial charge in [0.25, 0.3) is 0 Å². The fourth-order valence-electron chi connectivity index (χ4n) is 2.12. The van der Waals surface area contributed by atoms with E-state index in [0.29, 0.717) is 6.54 Å². The fraction of sp³-hybridized carbons (Fsp3) is 0.462. The van der Waals surface area contributed by atoms with Gasteiger partial charge in [0.05, 0.1) is 6.42 Å². The van der Waals surface area contributed by atoms with E-state index in [4.69, 9.17) is 0 Å². The monoisotopic (exact) mass is 290 g/mol. The Kier molecular flexibility index (Phi) is 6.18. The molecule has 2 N–H and O–H groups in total. The van der Waals surface area contributed by atoms with Crippen molar-refractivity contribution < 1.29 is 13.6 Å². The van der Waals surface area contributed by atoms with Crippen molar-refractivity contribution in [2.75, 3.05) is 13.1 Å². The summed E-state index contributed by atoms with van der Waals surface area (Å²) < 4.78 is 26.7. The number of amides is 1. The van der Waals surface area contributed by atoms with E-state index in [1.165, 1.54) is 6.07 Å². The summed E-state index contributed by atoms with van der Waals surface area (Å²) in [6.07, 6.45) is 1.65. The lowest BCUT2D eigenvalue weighted by Gasteiger charge is -2.23. The molecule has 6 heteroatoms. The Balaban J connectivity index is 0.00000180. The predicted octanol–water partition coefficient (Wildman–Crippen LogP) is 1.80. The summed E-state index contributed by atoms with van der Waals surface area (Å²) >= 11 is 0. The van der Waals surface area contributed by atoms with Crippen LogP contribution in [-0.2, 0) is 11.2 Å². The average Bonchev–Trinajstić information content (AvgIpc) is 2.35. The van der Waals surface area contributed by atoms with Crippen LogP contribution in [-0.4, -0.2) is 25.0 Å². The van der Waals surface area contributed by atoms with Crippen molar-refractivity contribution in [2.45, 2.75) is 25.3 Å². The zero-order chi connectivity index (χ0) is 13.0. The molecule has 1 fully saturated rings.